The molecular weight excluding hydrogens is 178 g/mol. The van der Waals surface area contributed by atoms with Gasteiger partial charge in [0.1, 0.15) is 0 Å². The minimum Gasteiger partial charge on any atom is -0.259 e. The molecule has 62 valence electrons. The van der Waals surface area contributed by atoms with Crippen LogP contribution in [0.3, 0.4) is 0 Å². The number of rotatable bonds is 3. The van der Waals surface area contributed by atoms with Crippen molar-refractivity contribution in [3.8, 4) is 0 Å². The predicted molar refractivity (Wildman–Crippen MR) is 49.2 cm³/mol. The fourth-order valence-corrected chi connectivity index (χ4v) is 2.14. The monoisotopic (exact) mass is 189 g/mol. The van der Waals surface area contributed by atoms with Crippen LogP contribution in [0.25, 0.3) is 0 Å². The van der Waals surface area contributed by atoms with E-state index in [9.17, 15) is 4.21 Å². The largest absolute Gasteiger partial charge is 0.259 e. The van der Waals surface area contributed by atoms with Crippen LogP contribution in [0.2, 0.25) is 0 Å². The van der Waals surface area contributed by atoms with E-state index in [0.29, 0.717) is 5.75 Å². The van der Waals surface area contributed by atoms with Crippen molar-refractivity contribution in [3.05, 3.63) is 16.1 Å². The maximum absolute atomic E-state index is 11.1. The highest BCUT2D eigenvalue weighted by molar-refractivity contribution is 7.84. The van der Waals surface area contributed by atoms with E-state index < -0.39 is 10.8 Å². The quantitative estimate of drug-likeness (QED) is 0.724. The summed E-state index contributed by atoms with van der Waals surface area (Å²) in [5.74, 6) is 1.33. The second-order valence-electron chi connectivity index (χ2n) is 2.23. The fourth-order valence-electron chi connectivity index (χ4n) is 0.742. The van der Waals surface area contributed by atoms with Crippen LogP contribution in [0.15, 0.2) is 5.38 Å². The van der Waals surface area contributed by atoms with Gasteiger partial charge >= 0.3 is 0 Å². The second kappa shape index (κ2) is 3.97. The Labute approximate surface area is 73.1 Å². The van der Waals surface area contributed by atoms with Gasteiger partial charge in [0.05, 0.1) is 16.5 Å². The van der Waals surface area contributed by atoms with E-state index in [2.05, 4.69) is 4.98 Å². The van der Waals surface area contributed by atoms with Crippen LogP contribution in [0.5, 0.6) is 0 Å². The maximum Gasteiger partial charge on any atom is 0.0897 e. The van der Waals surface area contributed by atoms with E-state index >= 15 is 0 Å². The van der Waals surface area contributed by atoms with Crippen molar-refractivity contribution in [2.75, 3.05) is 5.75 Å². The molecule has 0 spiro atoms. The van der Waals surface area contributed by atoms with Gasteiger partial charge in [-0.15, -0.1) is 11.3 Å². The first-order valence-electron chi connectivity index (χ1n) is 3.48. The molecule has 0 saturated carbocycles. The fraction of sp³-hybridized carbons (Fsp3) is 0.571. The number of hydrogen-bond donors (Lipinski definition) is 0. The summed E-state index contributed by atoms with van der Waals surface area (Å²) in [6.45, 7) is 3.89. The van der Waals surface area contributed by atoms with Crippen LogP contribution < -0.4 is 0 Å². The summed E-state index contributed by atoms with van der Waals surface area (Å²) in [4.78, 5) is 4.22. The zero-order valence-electron chi connectivity index (χ0n) is 6.66. The maximum atomic E-state index is 11.1. The third-order valence-electron chi connectivity index (χ3n) is 1.30. The molecule has 4 heteroatoms. The summed E-state index contributed by atoms with van der Waals surface area (Å²) in [5, 5.41) is 3.02. The number of nitrogens with zero attached hydrogens (tertiary/aromatic N) is 1. The summed E-state index contributed by atoms with van der Waals surface area (Å²) in [5.41, 5.74) is 0.965. The normalized spacial score (nSPS) is 13.3. The lowest BCUT2D eigenvalue weighted by Crippen LogP contribution is -1.97. The van der Waals surface area contributed by atoms with Crippen molar-refractivity contribution >= 4 is 22.1 Å². The van der Waals surface area contributed by atoms with Crippen molar-refractivity contribution in [2.45, 2.75) is 19.6 Å². The summed E-state index contributed by atoms with van der Waals surface area (Å²) in [6.07, 6.45) is 0. The SMILES string of the molecule is CCS(=O)Cc1csc(C)n1. The Bertz CT molecular complexity index is 257. The average Bonchev–Trinajstić information content (AvgIpc) is 2.35. The van der Waals surface area contributed by atoms with Gasteiger partial charge in [0.2, 0.25) is 0 Å². The van der Waals surface area contributed by atoms with E-state index in [0.717, 1.165) is 16.5 Å². The molecule has 0 radical (unpaired) electrons. The Kier molecular flexibility index (Phi) is 3.20. The van der Waals surface area contributed by atoms with Gasteiger partial charge in [-0.3, -0.25) is 4.21 Å². The lowest BCUT2D eigenvalue weighted by atomic mass is 10.6. The van der Waals surface area contributed by atoms with Crippen molar-refractivity contribution in [1.82, 2.24) is 4.98 Å². The van der Waals surface area contributed by atoms with Crippen LogP contribution >= 0.6 is 11.3 Å². The van der Waals surface area contributed by atoms with Crippen LogP contribution in [0, 0.1) is 6.92 Å². The molecule has 1 aromatic heterocycles. The molecule has 0 N–H and O–H groups in total. The molecule has 0 aromatic carbocycles. The number of hydrogen-bond acceptors (Lipinski definition) is 3. The third-order valence-corrected chi connectivity index (χ3v) is 3.38. The van der Waals surface area contributed by atoms with Crippen LogP contribution in [0.4, 0.5) is 0 Å². The van der Waals surface area contributed by atoms with E-state index in [-0.39, 0.29) is 0 Å². The van der Waals surface area contributed by atoms with Crippen LogP contribution in [-0.4, -0.2) is 14.9 Å². The van der Waals surface area contributed by atoms with Crippen molar-refractivity contribution in [2.24, 2.45) is 0 Å². The first kappa shape index (κ1) is 8.87. The van der Waals surface area contributed by atoms with Gasteiger partial charge in [0, 0.05) is 21.9 Å². The van der Waals surface area contributed by atoms with Crippen LogP contribution in [-0.2, 0) is 16.6 Å². The lowest BCUT2D eigenvalue weighted by Gasteiger charge is -1.92. The van der Waals surface area contributed by atoms with Gasteiger partial charge < -0.3 is 0 Å². The zero-order valence-corrected chi connectivity index (χ0v) is 8.30. The highest BCUT2D eigenvalue weighted by Crippen LogP contribution is 2.09. The first-order valence-corrected chi connectivity index (χ1v) is 5.85. The number of aromatic nitrogens is 1. The first-order chi connectivity index (χ1) is 5.22. The molecule has 0 saturated heterocycles. The van der Waals surface area contributed by atoms with E-state index in [1.54, 1.807) is 11.3 Å². The third kappa shape index (κ3) is 2.71. The molecule has 1 unspecified atom stereocenters. The molecule has 1 aromatic rings. The molecule has 1 heterocycles. The van der Waals surface area contributed by atoms with E-state index in [4.69, 9.17) is 0 Å². The number of aryl methyl sites for hydroxylation is 1. The van der Waals surface area contributed by atoms with Gasteiger partial charge in [0.25, 0.3) is 0 Å². The average molecular weight is 189 g/mol. The van der Waals surface area contributed by atoms with Gasteiger partial charge in [-0.2, -0.15) is 0 Å². The van der Waals surface area contributed by atoms with Crippen molar-refractivity contribution in [3.63, 3.8) is 0 Å². The summed E-state index contributed by atoms with van der Waals surface area (Å²) >= 11 is 1.61. The molecule has 0 aliphatic carbocycles. The topological polar surface area (TPSA) is 30.0 Å². The van der Waals surface area contributed by atoms with Gasteiger partial charge in [-0.1, -0.05) is 6.92 Å². The second-order valence-corrected chi connectivity index (χ2v) is 5.04. The summed E-state index contributed by atoms with van der Waals surface area (Å²) in [6, 6.07) is 0. The summed E-state index contributed by atoms with van der Waals surface area (Å²) in [7, 11) is -0.720. The molecule has 11 heavy (non-hydrogen) atoms. The molecule has 1 atom stereocenters. The molecule has 0 aliphatic heterocycles. The standard InChI is InChI=1S/C7H11NOS2/c1-3-11(9)5-7-4-10-6(2)8-7/h4H,3,5H2,1-2H3. The van der Waals surface area contributed by atoms with E-state index in [1.165, 1.54) is 0 Å². The molecule has 1 rings (SSSR count). The Morgan fingerprint density at radius 2 is 2.45 bits per heavy atom. The molecule has 0 aliphatic rings. The Morgan fingerprint density at radius 3 is 2.91 bits per heavy atom. The van der Waals surface area contributed by atoms with Gasteiger partial charge in [0.15, 0.2) is 0 Å². The predicted octanol–water partition coefficient (Wildman–Crippen LogP) is 1.72. The zero-order chi connectivity index (χ0) is 8.27. The number of thiazole rings is 1. The Morgan fingerprint density at radius 1 is 1.73 bits per heavy atom. The highest BCUT2D eigenvalue weighted by Gasteiger charge is 2.01. The van der Waals surface area contributed by atoms with Crippen LogP contribution in [0.1, 0.15) is 17.6 Å². The molecular formula is C7H11NOS2. The molecule has 0 fully saturated rings. The van der Waals surface area contributed by atoms with Gasteiger partial charge in [-0.25, -0.2) is 4.98 Å². The smallest absolute Gasteiger partial charge is 0.0897 e. The summed E-state index contributed by atoms with van der Waals surface area (Å²) < 4.78 is 11.1. The Balaban J connectivity index is 2.57. The minimum absolute atomic E-state index is 0.612. The highest BCUT2D eigenvalue weighted by atomic mass is 32.2. The molecule has 0 bridgehead atoms. The van der Waals surface area contributed by atoms with Crippen molar-refractivity contribution in [1.29, 1.82) is 0 Å². The molecule has 0 amide bonds. The molecule has 2 nitrogen and oxygen atoms in total. The Hall–Kier alpha value is -0.220. The lowest BCUT2D eigenvalue weighted by molar-refractivity contribution is 0.683. The minimum atomic E-state index is -0.720. The van der Waals surface area contributed by atoms with Crippen molar-refractivity contribution < 1.29 is 4.21 Å². The van der Waals surface area contributed by atoms with Gasteiger partial charge in [-0.05, 0) is 6.92 Å². The van der Waals surface area contributed by atoms with E-state index in [1.807, 2.05) is 19.2 Å².